The Morgan fingerprint density at radius 3 is 1.53 bits per heavy atom. The van der Waals surface area contributed by atoms with E-state index in [-0.39, 0.29) is 11.0 Å². The van der Waals surface area contributed by atoms with Gasteiger partial charge in [-0.3, -0.25) is 20.2 Å². The lowest BCUT2D eigenvalue weighted by molar-refractivity contribution is -0.394. The Morgan fingerprint density at radius 1 is 0.933 bits per heavy atom. The van der Waals surface area contributed by atoms with Crippen molar-refractivity contribution in [3.63, 3.8) is 0 Å². The van der Waals surface area contributed by atoms with Gasteiger partial charge in [0.05, 0.1) is 28.0 Å². The molecule has 0 fully saturated rings. The van der Waals surface area contributed by atoms with Crippen LogP contribution in [0.4, 0.5) is 11.4 Å². The SMILES string of the molecule is O=[N+]([O-])c1cc(O)cc([N+](=O)[O-])c1.[O].[O]. The average molecular weight is 216 g/mol. The Bertz CT molecular complexity index is 345. The number of nitrogens with zero attached hydrogens (tertiary/aromatic N) is 2. The Hall–Kier alpha value is -2.26. The van der Waals surface area contributed by atoms with Gasteiger partial charge in [-0.1, -0.05) is 0 Å². The highest BCUT2D eigenvalue weighted by Crippen LogP contribution is 2.25. The fourth-order valence-corrected chi connectivity index (χ4v) is 0.790. The molecule has 9 nitrogen and oxygen atoms in total. The number of aromatic hydroxyl groups is 1. The standard InChI is InChI=1S/C6H4N2O5.2O/c9-6-2-4(7(10)11)1-5(3-6)8(12)13;;/h1-3,9H;;. The summed E-state index contributed by atoms with van der Waals surface area (Å²) in [4.78, 5) is 18.8. The second-order valence-corrected chi connectivity index (χ2v) is 2.22. The van der Waals surface area contributed by atoms with Crippen LogP contribution in [0.15, 0.2) is 18.2 Å². The molecule has 9 heteroatoms. The molecule has 0 amide bonds. The first-order valence-electron chi connectivity index (χ1n) is 3.13. The number of phenolic OH excluding ortho intramolecular Hbond substituents is 1. The lowest BCUT2D eigenvalue weighted by atomic mass is 10.2. The fourth-order valence-electron chi connectivity index (χ4n) is 0.790. The van der Waals surface area contributed by atoms with Gasteiger partial charge in [0.25, 0.3) is 11.4 Å². The predicted octanol–water partition coefficient (Wildman–Crippen LogP) is 0.971. The molecule has 0 saturated heterocycles. The van der Waals surface area contributed by atoms with Gasteiger partial charge < -0.3 is 5.11 Å². The molecule has 4 radical (unpaired) electrons. The Kier molecular flexibility index (Phi) is 5.55. The molecule has 0 bridgehead atoms. The minimum Gasteiger partial charge on any atom is -0.507 e. The molecule has 0 heterocycles. The van der Waals surface area contributed by atoms with Crippen molar-refractivity contribution in [2.24, 2.45) is 0 Å². The first-order valence-corrected chi connectivity index (χ1v) is 3.13. The van der Waals surface area contributed by atoms with E-state index in [2.05, 4.69) is 0 Å². The molecule has 80 valence electrons. The molecule has 1 aromatic rings. The number of nitro benzene ring substituents is 2. The highest BCUT2D eigenvalue weighted by atomic mass is 16.6. The molecular weight excluding hydrogens is 212 g/mol. The van der Waals surface area contributed by atoms with Crippen molar-refractivity contribution in [3.8, 4) is 5.75 Å². The molecular formula is C6H4N2O7. The molecule has 0 saturated carbocycles. The monoisotopic (exact) mass is 216 g/mol. The van der Waals surface area contributed by atoms with Crippen LogP contribution in [0.1, 0.15) is 0 Å². The van der Waals surface area contributed by atoms with Crippen LogP contribution in [-0.2, 0) is 11.0 Å². The van der Waals surface area contributed by atoms with Crippen LogP contribution in [-0.4, -0.2) is 15.0 Å². The van der Waals surface area contributed by atoms with Crippen LogP contribution < -0.4 is 0 Å². The maximum absolute atomic E-state index is 10.2. The molecule has 0 aromatic heterocycles. The third kappa shape index (κ3) is 3.54. The molecule has 0 aliphatic carbocycles. The molecule has 0 spiro atoms. The second-order valence-electron chi connectivity index (χ2n) is 2.22. The van der Waals surface area contributed by atoms with Gasteiger partial charge in [0, 0.05) is 11.0 Å². The summed E-state index contributed by atoms with van der Waals surface area (Å²) in [7, 11) is 0. The quantitative estimate of drug-likeness (QED) is 0.573. The van der Waals surface area contributed by atoms with Crippen LogP contribution in [0.25, 0.3) is 0 Å². The Balaban J connectivity index is 0. The van der Waals surface area contributed by atoms with Crippen LogP contribution in [0.3, 0.4) is 0 Å². The van der Waals surface area contributed by atoms with E-state index in [4.69, 9.17) is 5.11 Å². The van der Waals surface area contributed by atoms with E-state index < -0.39 is 27.0 Å². The first-order chi connectivity index (χ1) is 6.00. The molecule has 0 atom stereocenters. The summed E-state index contributed by atoms with van der Waals surface area (Å²) < 4.78 is 0. The normalized spacial score (nSPS) is 8.27. The summed E-state index contributed by atoms with van der Waals surface area (Å²) in [6, 6.07) is 2.46. The maximum atomic E-state index is 10.2. The number of hydrogen-bond donors (Lipinski definition) is 1. The third-order valence-electron chi connectivity index (χ3n) is 1.31. The summed E-state index contributed by atoms with van der Waals surface area (Å²) in [5.74, 6) is -0.499. The molecule has 1 N–H and O–H groups in total. The zero-order valence-electron chi connectivity index (χ0n) is 7.02. The number of rotatable bonds is 2. The zero-order chi connectivity index (χ0) is 10.0. The number of hydrogen-bond acceptors (Lipinski definition) is 5. The van der Waals surface area contributed by atoms with Crippen molar-refractivity contribution >= 4 is 11.4 Å². The van der Waals surface area contributed by atoms with E-state index in [1.807, 2.05) is 0 Å². The highest BCUT2D eigenvalue weighted by Gasteiger charge is 2.15. The van der Waals surface area contributed by atoms with Gasteiger partial charge in [-0.05, 0) is 0 Å². The van der Waals surface area contributed by atoms with Gasteiger partial charge in [0.1, 0.15) is 5.75 Å². The Morgan fingerprint density at radius 2 is 1.27 bits per heavy atom. The molecule has 0 aliphatic rings. The highest BCUT2D eigenvalue weighted by molar-refractivity contribution is 5.48. The Labute approximate surface area is 82.5 Å². The number of phenols is 1. The van der Waals surface area contributed by atoms with E-state index in [9.17, 15) is 20.2 Å². The number of non-ortho nitro benzene ring substituents is 2. The summed E-state index contributed by atoms with van der Waals surface area (Å²) in [6.07, 6.45) is 0. The van der Waals surface area contributed by atoms with Gasteiger partial charge in [-0.15, -0.1) is 0 Å². The van der Waals surface area contributed by atoms with Crippen molar-refractivity contribution in [2.45, 2.75) is 0 Å². The molecule has 15 heavy (non-hydrogen) atoms. The fraction of sp³-hybridized carbons (Fsp3) is 0. The largest absolute Gasteiger partial charge is 0.507 e. The topological polar surface area (TPSA) is 164 Å². The second kappa shape index (κ2) is 5.47. The zero-order valence-corrected chi connectivity index (χ0v) is 7.02. The van der Waals surface area contributed by atoms with Gasteiger partial charge in [-0.25, -0.2) is 0 Å². The van der Waals surface area contributed by atoms with Crippen molar-refractivity contribution in [1.82, 2.24) is 0 Å². The van der Waals surface area contributed by atoms with Crippen LogP contribution >= 0.6 is 0 Å². The third-order valence-corrected chi connectivity index (χ3v) is 1.31. The smallest absolute Gasteiger partial charge is 0.280 e. The number of nitro groups is 2. The van der Waals surface area contributed by atoms with Gasteiger partial charge >= 0.3 is 0 Å². The van der Waals surface area contributed by atoms with E-state index in [1.165, 1.54) is 0 Å². The maximum Gasteiger partial charge on any atom is 0.280 e. The van der Waals surface area contributed by atoms with Crippen molar-refractivity contribution in [1.29, 1.82) is 0 Å². The molecule has 0 aliphatic heterocycles. The number of benzene rings is 1. The predicted molar refractivity (Wildman–Crippen MR) is 42.8 cm³/mol. The summed E-state index contributed by atoms with van der Waals surface area (Å²) >= 11 is 0. The van der Waals surface area contributed by atoms with E-state index >= 15 is 0 Å². The first kappa shape index (κ1) is 15.2. The van der Waals surface area contributed by atoms with Crippen LogP contribution in [0.2, 0.25) is 0 Å². The lowest BCUT2D eigenvalue weighted by Gasteiger charge is -1.94. The minimum absolute atomic E-state index is 0. The van der Waals surface area contributed by atoms with Gasteiger partial charge in [-0.2, -0.15) is 0 Å². The summed E-state index contributed by atoms with van der Waals surface area (Å²) in [6.45, 7) is 0. The van der Waals surface area contributed by atoms with Crippen molar-refractivity contribution in [3.05, 3.63) is 38.4 Å². The van der Waals surface area contributed by atoms with E-state index in [0.29, 0.717) is 0 Å². The van der Waals surface area contributed by atoms with E-state index in [0.717, 1.165) is 18.2 Å². The van der Waals surface area contributed by atoms with E-state index in [1.54, 1.807) is 0 Å². The molecule has 1 aromatic carbocycles. The summed E-state index contributed by atoms with van der Waals surface area (Å²) in [5.41, 5.74) is -1.02. The van der Waals surface area contributed by atoms with Gasteiger partial charge in [0.15, 0.2) is 0 Å². The lowest BCUT2D eigenvalue weighted by Crippen LogP contribution is -1.91. The molecule has 1 rings (SSSR count). The molecule has 0 unspecified atom stereocenters. The van der Waals surface area contributed by atoms with Crippen molar-refractivity contribution < 1.29 is 25.9 Å². The summed E-state index contributed by atoms with van der Waals surface area (Å²) in [5, 5.41) is 29.3. The van der Waals surface area contributed by atoms with Crippen molar-refractivity contribution in [2.75, 3.05) is 0 Å². The van der Waals surface area contributed by atoms with Gasteiger partial charge in [0.2, 0.25) is 0 Å². The van der Waals surface area contributed by atoms with Crippen LogP contribution in [0.5, 0.6) is 5.75 Å². The minimum atomic E-state index is -0.813. The van der Waals surface area contributed by atoms with Crippen LogP contribution in [0, 0.1) is 20.2 Å². The average Bonchev–Trinajstić information content (AvgIpc) is 2.03.